The predicted octanol–water partition coefficient (Wildman–Crippen LogP) is 2.39. The molecule has 0 spiro atoms. The van der Waals surface area contributed by atoms with Crippen molar-refractivity contribution in [2.24, 2.45) is 0 Å². The maximum Gasteiger partial charge on any atom is 0.216 e. The molecule has 72 valence electrons. The van der Waals surface area contributed by atoms with Crippen molar-refractivity contribution in [3.05, 3.63) is 35.8 Å². The summed E-state index contributed by atoms with van der Waals surface area (Å²) in [4.78, 5) is 4.15. The Balaban J connectivity index is 2.42. The molecule has 0 atom stereocenters. The molecule has 0 aliphatic rings. The van der Waals surface area contributed by atoms with Crippen LogP contribution in [-0.2, 0) is 6.54 Å². The number of H-pyrrole nitrogens is 1. The number of hydrogen-bond donors (Lipinski definition) is 1. The largest absolute Gasteiger partial charge is 0.461 e. The summed E-state index contributed by atoms with van der Waals surface area (Å²) in [5.41, 5.74) is 0. The van der Waals surface area contributed by atoms with Crippen molar-refractivity contribution in [1.29, 1.82) is 0 Å². The smallest absolute Gasteiger partial charge is 0.216 e. The molecule has 14 heavy (non-hydrogen) atoms. The number of furan rings is 1. The van der Waals surface area contributed by atoms with Crippen LogP contribution in [0.15, 0.2) is 35.5 Å². The van der Waals surface area contributed by atoms with Gasteiger partial charge in [0.15, 0.2) is 11.6 Å². The average Bonchev–Trinajstić information content (AvgIpc) is 2.76. The molecule has 0 unspecified atom stereocenters. The summed E-state index contributed by atoms with van der Waals surface area (Å²) in [6, 6.07) is 3.63. The van der Waals surface area contributed by atoms with E-state index in [9.17, 15) is 0 Å². The molecule has 0 saturated carbocycles. The molecule has 0 aromatic carbocycles. The number of allylic oxidation sites excluding steroid dienone is 1. The molecule has 0 amide bonds. The van der Waals surface area contributed by atoms with Crippen molar-refractivity contribution in [3.63, 3.8) is 0 Å². The fraction of sp³-hybridized carbons (Fsp3) is 0.111. The predicted molar refractivity (Wildman–Crippen MR) is 55.3 cm³/mol. The molecule has 5 heteroatoms. The van der Waals surface area contributed by atoms with Crippen molar-refractivity contribution in [1.82, 2.24) is 14.8 Å². The van der Waals surface area contributed by atoms with Crippen LogP contribution in [0.2, 0.25) is 0 Å². The molecule has 0 saturated heterocycles. The molecular formula is C9H9N3OS. The van der Waals surface area contributed by atoms with Crippen molar-refractivity contribution >= 4 is 12.2 Å². The Kier molecular flexibility index (Phi) is 2.32. The van der Waals surface area contributed by atoms with Crippen LogP contribution < -0.4 is 0 Å². The Morgan fingerprint density at radius 1 is 1.71 bits per heavy atom. The van der Waals surface area contributed by atoms with E-state index in [4.69, 9.17) is 16.6 Å². The highest BCUT2D eigenvalue weighted by atomic mass is 32.1. The first-order valence-electron chi connectivity index (χ1n) is 4.13. The first-order chi connectivity index (χ1) is 6.81. The lowest BCUT2D eigenvalue weighted by atomic mass is 10.4. The first-order valence-corrected chi connectivity index (χ1v) is 4.53. The second-order valence-electron chi connectivity index (χ2n) is 2.73. The Morgan fingerprint density at radius 2 is 2.57 bits per heavy atom. The van der Waals surface area contributed by atoms with E-state index in [2.05, 4.69) is 16.7 Å². The zero-order valence-corrected chi connectivity index (χ0v) is 8.25. The van der Waals surface area contributed by atoms with E-state index in [0.29, 0.717) is 22.9 Å². The minimum Gasteiger partial charge on any atom is -0.461 e. The van der Waals surface area contributed by atoms with E-state index in [0.717, 1.165) is 0 Å². The fourth-order valence-electron chi connectivity index (χ4n) is 1.13. The molecule has 0 aliphatic heterocycles. The average molecular weight is 207 g/mol. The number of nitrogens with zero attached hydrogens (tertiary/aromatic N) is 2. The van der Waals surface area contributed by atoms with E-state index in [1.165, 1.54) is 0 Å². The number of hydrogen-bond acceptors (Lipinski definition) is 3. The van der Waals surface area contributed by atoms with Gasteiger partial charge in [0.05, 0.1) is 12.8 Å². The highest BCUT2D eigenvalue weighted by molar-refractivity contribution is 7.71. The van der Waals surface area contributed by atoms with E-state index < -0.39 is 0 Å². The molecule has 0 radical (unpaired) electrons. The normalized spacial score (nSPS) is 10.3. The summed E-state index contributed by atoms with van der Waals surface area (Å²) in [6.07, 6.45) is 3.35. The van der Waals surface area contributed by atoms with Gasteiger partial charge >= 0.3 is 0 Å². The van der Waals surface area contributed by atoms with Crippen molar-refractivity contribution < 1.29 is 4.42 Å². The van der Waals surface area contributed by atoms with Gasteiger partial charge in [-0.1, -0.05) is 6.08 Å². The Bertz CT molecular complexity index is 480. The molecule has 1 N–H and O–H groups in total. The summed E-state index contributed by atoms with van der Waals surface area (Å²) in [6.45, 7) is 4.25. The van der Waals surface area contributed by atoms with Gasteiger partial charge in [-0.3, -0.25) is 9.78 Å². The maximum atomic E-state index is 5.19. The van der Waals surface area contributed by atoms with Gasteiger partial charge in [0.1, 0.15) is 0 Å². The minimum absolute atomic E-state index is 0.497. The third-order valence-corrected chi connectivity index (χ3v) is 2.06. The van der Waals surface area contributed by atoms with Gasteiger partial charge in [-0.05, 0) is 24.4 Å². The molecule has 2 aromatic heterocycles. The van der Waals surface area contributed by atoms with E-state index >= 15 is 0 Å². The van der Waals surface area contributed by atoms with Gasteiger partial charge in [-0.15, -0.1) is 6.58 Å². The Morgan fingerprint density at radius 3 is 3.21 bits per heavy atom. The van der Waals surface area contributed by atoms with Gasteiger partial charge in [-0.2, -0.15) is 4.98 Å². The highest BCUT2D eigenvalue weighted by Gasteiger charge is 2.05. The number of nitrogens with one attached hydrogen (secondary N) is 1. The van der Waals surface area contributed by atoms with Crippen LogP contribution in [0.25, 0.3) is 11.6 Å². The van der Waals surface area contributed by atoms with Crippen LogP contribution in [0.1, 0.15) is 0 Å². The first kappa shape index (κ1) is 8.96. The molecule has 2 rings (SSSR count). The topological polar surface area (TPSA) is 46.8 Å². The zero-order valence-electron chi connectivity index (χ0n) is 7.43. The summed E-state index contributed by atoms with van der Waals surface area (Å²) in [5.74, 6) is 1.32. The maximum absolute atomic E-state index is 5.19. The molecule has 0 fully saturated rings. The zero-order chi connectivity index (χ0) is 9.97. The van der Waals surface area contributed by atoms with E-state index in [1.807, 2.05) is 6.07 Å². The SMILES string of the molecule is C=CCn1[nH]c(-c2ccco2)nc1=S. The second-order valence-corrected chi connectivity index (χ2v) is 3.10. The minimum atomic E-state index is 0.497. The van der Waals surface area contributed by atoms with Crippen LogP contribution in [0, 0.1) is 4.77 Å². The van der Waals surface area contributed by atoms with Crippen LogP contribution in [0.5, 0.6) is 0 Å². The lowest BCUT2D eigenvalue weighted by molar-refractivity contribution is 0.575. The van der Waals surface area contributed by atoms with Crippen molar-refractivity contribution in [2.75, 3.05) is 0 Å². The summed E-state index contributed by atoms with van der Waals surface area (Å²) >= 11 is 5.04. The molecule has 2 aromatic rings. The highest BCUT2D eigenvalue weighted by Crippen LogP contribution is 2.14. The number of aromatic amines is 1. The van der Waals surface area contributed by atoms with Gasteiger partial charge < -0.3 is 4.42 Å². The van der Waals surface area contributed by atoms with Crippen LogP contribution >= 0.6 is 12.2 Å². The molecular weight excluding hydrogens is 198 g/mol. The summed E-state index contributed by atoms with van der Waals surface area (Å²) < 4.78 is 7.41. The van der Waals surface area contributed by atoms with E-state index in [-0.39, 0.29) is 0 Å². The van der Waals surface area contributed by atoms with Crippen molar-refractivity contribution in [2.45, 2.75) is 6.54 Å². The van der Waals surface area contributed by atoms with Crippen LogP contribution in [0.4, 0.5) is 0 Å². The monoisotopic (exact) mass is 207 g/mol. The Labute approximate surface area is 85.9 Å². The third-order valence-electron chi connectivity index (χ3n) is 1.75. The molecule has 0 bridgehead atoms. The summed E-state index contributed by atoms with van der Waals surface area (Å²) in [7, 11) is 0. The Hall–Kier alpha value is -1.62. The van der Waals surface area contributed by atoms with Gasteiger partial charge in [0.25, 0.3) is 0 Å². The number of aromatic nitrogens is 3. The van der Waals surface area contributed by atoms with Gasteiger partial charge in [0.2, 0.25) is 4.77 Å². The molecule has 2 heterocycles. The van der Waals surface area contributed by atoms with Crippen molar-refractivity contribution in [3.8, 4) is 11.6 Å². The lowest BCUT2D eigenvalue weighted by Crippen LogP contribution is -1.96. The summed E-state index contributed by atoms with van der Waals surface area (Å²) in [5, 5.41) is 3.02. The fourth-order valence-corrected chi connectivity index (χ4v) is 1.34. The molecule has 4 nitrogen and oxygen atoms in total. The molecule has 0 aliphatic carbocycles. The van der Waals surface area contributed by atoms with Gasteiger partial charge in [0, 0.05) is 0 Å². The van der Waals surface area contributed by atoms with Crippen LogP contribution in [0.3, 0.4) is 0 Å². The second kappa shape index (κ2) is 3.63. The quantitative estimate of drug-likeness (QED) is 0.621. The standard InChI is InChI=1S/C9H9N3OS/c1-2-5-12-9(14)10-8(11-12)7-4-3-6-13-7/h2-4,6H,1,5H2,(H,10,11,14). The third kappa shape index (κ3) is 1.54. The van der Waals surface area contributed by atoms with E-state index in [1.54, 1.807) is 23.1 Å². The number of rotatable bonds is 3. The van der Waals surface area contributed by atoms with Crippen LogP contribution in [-0.4, -0.2) is 14.8 Å². The lowest BCUT2D eigenvalue weighted by Gasteiger charge is -1.93. The van der Waals surface area contributed by atoms with Gasteiger partial charge in [-0.25, -0.2) is 0 Å².